The number of rotatable bonds is 16. The fraction of sp³-hybridized carbons (Fsp3) is 0.400. The maximum Gasteiger partial charge on any atom is 0.0394 e. The highest BCUT2D eigenvalue weighted by Gasteiger charge is 2.39. The molecule has 1 aromatic rings. The summed E-state index contributed by atoms with van der Waals surface area (Å²) in [4.78, 5) is 0. The molecule has 4 heteroatoms. The molecule has 0 saturated carbocycles. The molecule has 0 saturated heterocycles. The minimum atomic E-state index is -0.258. The molecule has 8 N–H and O–H groups in total. The zero-order valence-electron chi connectivity index (χ0n) is 28.2. The second-order valence-corrected chi connectivity index (χ2v) is 12.3. The molecule has 0 aromatic heterocycles. The van der Waals surface area contributed by atoms with E-state index < -0.39 is 0 Å². The highest BCUT2D eigenvalue weighted by atomic mass is 14.6. The average Bonchev–Trinajstić information content (AvgIpc) is 3.02. The number of benzene rings is 1. The summed E-state index contributed by atoms with van der Waals surface area (Å²) in [6.45, 7) is 17.8. The smallest absolute Gasteiger partial charge is 0.0394 e. The lowest BCUT2D eigenvalue weighted by Gasteiger charge is -2.43. The third-order valence-corrected chi connectivity index (χ3v) is 9.35. The molecule has 1 aliphatic rings. The first kappa shape index (κ1) is 36.3. The van der Waals surface area contributed by atoms with Crippen molar-refractivity contribution in [2.75, 3.05) is 5.73 Å². The first-order valence-electron chi connectivity index (χ1n) is 16.2. The Kier molecular flexibility index (Phi) is 14.9. The fourth-order valence-corrected chi connectivity index (χ4v) is 6.02. The van der Waals surface area contributed by atoms with E-state index in [1.165, 1.54) is 11.1 Å². The second kappa shape index (κ2) is 18.0. The molecule has 0 amide bonds. The van der Waals surface area contributed by atoms with Gasteiger partial charge in [-0.25, -0.2) is 0 Å². The molecule has 0 aliphatic heterocycles. The first-order chi connectivity index (χ1) is 21.0. The van der Waals surface area contributed by atoms with Crippen molar-refractivity contribution >= 4 is 11.3 Å². The van der Waals surface area contributed by atoms with Crippen molar-refractivity contribution in [3.8, 4) is 0 Å². The van der Waals surface area contributed by atoms with Crippen LogP contribution in [-0.2, 0) is 0 Å². The van der Waals surface area contributed by atoms with E-state index in [2.05, 4.69) is 52.0 Å². The molecule has 0 bridgehead atoms. The van der Waals surface area contributed by atoms with Gasteiger partial charge < -0.3 is 22.9 Å². The number of nitrogens with two attached hydrogens (primary N) is 4. The highest BCUT2D eigenvalue weighted by Crippen LogP contribution is 2.48. The van der Waals surface area contributed by atoms with Crippen LogP contribution in [0.2, 0.25) is 0 Å². The van der Waals surface area contributed by atoms with Gasteiger partial charge in [0.05, 0.1) is 0 Å². The largest absolute Gasteiger partial charge is 0.402 e. The van der Waals surface area contributed by atoms with Crippen LogP contribution >= 0.6 is 0 Å². The predicted molar refractivity (Wildman–Crippen MR) is 195 cm³/mol. The Bertz CT molecular complexity index is 1360. The Labute approximate surface area is 268 Å². The molecule has 1 aliphatic carbocycles. The van der Waals surface area contributed by atoms with Gasteiger partial charge in [0.2, 0.25) is 0 Å². The van der Waals surface area contributed by atoms with E-state index in [4.69, 9.17) is 29.5 Å². The van der Waals surface area contributed by atoms with E-state index in [1.807, 2.05) is 74.6 Å². The van der Waals surface area contributed by atoms with E-state index in [9.17, 15) is 0 Å². The molecule has 0 heterocycles. The van der Waals surface area contributed by atoms with Crippen molar-refractivity contribution in [1.29, 1.82) is 0 Å². The van der Waals surface area contributed by atoms with Gasteiger partial charge in [0.25, 0.3) is 0 Å². The standard InChI is InChI=1S/C40H58N4/c1-8-11-13-23-34(41)28-33(37(42)9-2)26-30(5)40(7,29(4)19-18-22-32-20-14-12-15-21-32)31(6)27-36(38(43)10-3)35-24-16-17-25-39(35)44/h8,10-14,16-17,20,23-25,27-28,30-31H,4,9,15,18-19,21-22,26,41-44H2,1-3,5-7H3/b11-8+,23-13-,34-28-,36-27-,37-33-,38-10+/t30-,31-,40?/m0/s1. The number of hydrogen-bond donors (Lipinski definition) is 4. The Hall–Kier alpha value is -3.92. The van der Waals surface area contributed by atoms with Gasteiger partial charge in [0, 0.05) is 33.9 Å². The Morgan fingerprint density at radius 3 is 2.43 bits per heavy atom. The topological polar surface area (TPSA) is 104 Å². The van der Waals surface area contributed by atoms with Crippen LogP contribution in [0.4, 0.5) is 5.69 Å². The van der Waals surface area contributed by atoms with Crippen LogP contribution in [0.3, 0.4) is 0 Å². The van der Waals surface area contributed by atoms with Gasteiger partial charge in [-0.3, -0.25) is 0 Å². The molecule has 0 fully saturated rings. The Morgan fingerprint density at radius 1 is 1.09 bits per heavy atom. The molecule has 2 rings (SSSR count). The Balaban J connectivity index is 2.57. The lowest BCUT2D eigenvalue weighted by atomic mass is 9.61. The molecule has 1 aromatic carbocycles. The lowest BCUT2D eigenvalue weighted by molar-refractivity contribution is 0.187. The second-order valence-electron chi connectivity index (χ2n) is 12.3. The number of para-hydroxylation sites is 1. The van der Waals surface area contributed by atoms with Crippen LogP contribution in [0, 0.1) is 17.3 Å². The minimum absolute atomic E-state index is 0.106. The van der Waals surface area contributed by atoms with E-state index in [1.54, 1.807) is 0 Å². The van der Waals surface area contributed by atoms with Crippen LogP contribution in [0.5, 0.6) is 0 Å². The van der Waals surface area contributed by atoms with E-state index in [0.29, 0.717) is 17.1 Å². The number of anilines is 1. The monoisotopic (exact) mass is 594 g/mol. The molecule has 238 valence electrons. The zero-order valence-corrected chi connectivity index (χ0v) is 28.2. The maximum atomic E-state index is 6.62. The SMILES string of the molecule is C=C(CCCC1=CC=CCC1)C(C)([C@@H](C)/C=C(\C(N)=C/C)c1ccccc1N)[C@@H](C)CC(/C=C(N)/C=C\C=C\C)=C(/N)CC. The quantitative estimate of drug-likeness (QED) is 0.0868. The first-order valence-corrected chi connectivity index (χ1v) is 16.2. The fourth-order valence-electron chi connectivity index (χ4n) is 6.02. The van der Waals surface area contributed by atoms with Crippen LogP contribution in [0.15, 0.2) is 125 Å². The normalized spacial score (nSPS) is 18.2. The summed E-state index contributed by atoms with van der Waals surface area (Å²) in [7, 11) is 0. The van der Waals surface area contributed by atoms with Gasteiger partial charge in [0.15, 0.2) is 0 Å². The molecule has 0 radical (unpaired) electrons. The molecule has 3 atom stereocenters. The highest BCUT2D eigenvalue weighted by molar-refractivity contribution is 5.84. The average molecular weight is 595 g/mol. The summed E-state index contributed by atoms with van der Waals surface area (Å²) in [5.74, 6) is 0.317. The van der Waals surface area contributed by atoms with Crippen molar-refractivity contribution in [1.82, 2.24) is 0 Å². The number of allylic oxidation sites excluding steroid dienone is 15. The van der Waals surface area contributed by atoms with Crippen LogP contribution in [0.25, 0.3) is 5.57 Å². The van der Waals surface area contributed by atoms with E-state index in [-0.39, 0.29) is 17.3 Å². The van der Waals surface area contributed by atoms with Gasteiger partial charge in [0.1, 0.15) is 0 Å². The summed E-state index contributed by atoms with van der Waals surface area (Å²) in [5, 5.41) is 0. The van der Waals surface area contributed by atoms with Crippen molar-refractivity contribution in [2.24, 2.45) is 34.5 Å². The molecule has 44 heavy (non-hydrogen) atoms. The molecular formula is C40H58N4. The molecule has 4 nitrogen and oxygen atoms in total. The van der Waals surface area contributed by atoms with Crippen molar-refractivity contribution in [3.63, 3.8) is 0 Å². The number of hydrogen-bond acceptors (Lipinski definition) is 4. The van der Waals surface area contributed by atoms with Crippen molar-refractivity contribution in [3.05, 3.63) is 131 Å². The molecular weight excluding hydrogens is 536 g/mol. The molecule has 1 unspecified atom stereocenters. The van der Waals surface area contributed by atoms with Crippen molar-refractivity contribution < 1.29 is 0 Å². The summed E-state index contributed by atoms with van der Waals surface area (Å²) in [5.41, 5.74) is 34.6. The van der Waals surface area contributed by atoms with Crippen LogP contribution in [0.1, 0.15) is 92.1 Å². The maximum absolute atomic E-state index is 6.62. The lowest BCUT2D eigenvalue weighted by Crippen LogP contribution is -2.34. The van der Waals surface area contributed by atoms with Gasteiger partial charge >= 0.3 is 0 Å². The zero-order chi connectivity index (χ0) is 32.7. The van der Waals surface area contributed by atoms with Gasteiger partial charge in [-0.05, 0) is 99.8 Å². The predicted octanol–water partition coefficient (Wildman–Crippen LogP) is 9.78. The summed E-state index contributed by atoms with van der Waals surface area (Å²) in [6.07, 6.45) is 27.8. The minimum Gasteiger partial charge on any atom is -0.402 e. The Morgan fingerprint density at radius 2 is 1.82 bits per heavy atom. The van der Waals surface area contributed by atoms with E-state index >= 15 is 0 Å². The van der Waals surface area contributed by atoms with Gasteiger partial charge in [-0.1, -0.05) is 112 Å². The number of nitrogen functional groups attached to an aromatic ring is 1. The summed E-state index contributed by atoms with van der Waals surface area (Å²) < 4.78 is 0. The summed E-state index contributed by atoms with van der Waals surface area (Å²) in [6, 6.07) is 7.94. The summed E-state index contributed by atoms with van der Waals surface area (Å²) >= 11 is 0. The molecule has 0 spiro atoms. The van der Waals surface area contributed by atoms with Crippen LogP contribution in [-0.4, -0.2) is 0 Å². The van der Waals surface area contributed by atoms with Crippen molar-refractivity contribution in [2.45, 2.75) is 86.5 Å². The van der Waals surface area contributed by atoms with Gasteiger partial charge in [-0.15, -0.1) is 0 Å². The van der Waals surface area contributed by atoms with Crippen LogP contribution < -0.4 is 22.9 Å². The third kappa shape index (κ3) is 10.1. The van der Waals surface area contributed by atoms with E-state index in [0.717, 1.165) is 67.4 Å². The third-order valence-electron chi connectivity index (χ3n) is 9.35. The van der Waals surface area contributed by atoms with Gasteiger partial charge in [-0.2, -0.15) is 0 Å².